The molecule has 1 heterocycles. The molecule has 0 aliphatic carbocycles. The van der Waals surface area contributed by atoms with Gasteiger partial charge < -0.3 is 9.30 Å². The van der Waals surface area contributed by atoms with Crippen LogP contribution in [0.5, 0.6) is 0 Å². The van der Waals surface area contributed by atoms with Crippen LogP contribution in [0.4, 0.5) is 0 Å². The highest BCUT2D eigenvalue weighted by atomic mass is 79.9. The first-order chi connectivity index (χ1) is 11.1. The first kappa shape index (κ1) is 15.8. The van der Waals surface area contributed by atoms with E-state index >= 15 is 0 Å². The molecule has 0 amide bonds. The Labute approximate surface area is 144 Å². The summed E-state index contributed by atoms with van der Waals surface area (Å²) in [7, 11) is 1.99. The van der Waals surface area contributed by atoms with Gasteiger partial charge in [-0.2, -0.15) is 0 Å². The van der Waals surface area contributed by atoms with Gasteiger partial charge in [-0.15, -0.1) is 0 Å². The molecule has 0 fully saturated rings. The van der Waals surface area contributed by atoms with E-state index < -0.39 is 5.92 Å². The molecular formula is C19H18BrNO2. The van der Waals surface area contributed by atoms with E-state index in [1.165, 1.54) is 0 Å². The van der Waals surface area contributed by atoms with Crippen LogP contribution < -0.4 is 0 Å². The molecule has 0 spiro atoms. The quantitative estimate of drug-likeness (QED) is 0.625. The number of halogens is 1. The molecule has 1 aromatic heterocycles. The summed E-state index contributed by atoms with van der Waals surface area (Å²) < 4.78 is 8.38. The van der Waals surface area contributed by atoms with Crippen molar-refractivity contribution in [3.63, 3.8) is 0 Å². The van der Waals surface area contributed by atoms with E-state index in [4.69, 9.17) is 4.74 Å². The molecule has 0 saturated heterocycles. The van der Waals surface area contributed by atoms with Gasteiger partial charge in [0.25, 0.3) is 0 Å². The van der Waals surface area contributed by atoms with Gasteiger partial charge in [0.15, 0.2) is 0 Å². The van der Waals surface area contributed by atoms with Crippen molar-refractivity contribution < 1.29 is 9.53 Å². The maximum atomic E-state index is 12.6. The van der Waals surface area contributed by atoms with Crippen molar-refractivity contribution >= 4 is 32.8 Å². The summed E-state index contributed by atoms with van der Waals surface area (Å²) in [5.41, 5.74) is 3.00. The Morgan fingerprint density at radius 2 is 1.96 bits per heavy atom. The molecule has 0 N–H and O–H groups in total. The van der Waals surface area contributed by atoms with Crippen LogP contribution in [0.1, 0.15) is 24.0 Å². The third kappa shape index (κ3) is 3.04. The number of nitrogens with zero attached hydrogens (tertiary/aromatic N) is 1. The summed E-state index contributed by atoms with van der Waals surface area (Å²) in [5.74, 6) is -0.639. The maximum absolute atomic E-state index is 12.6. The van der Waals surface area contributed by atoms with Gasteiger partial charge in [-0.3, -0.25) is 4.79 Å². The highest BCUT2D eigenvalue weighted by molar-refractivity contribution is 9.10. The minimum atomic E-state index is -0.422. The molecule has 0 radical (unpaired) electrons. The van der Waals surface area contributed by atoms with Crippen LogP contribution in [0.2, 0.25) is 0 Å². The molecule has 0 aliphatic heterocycles. The number of hydrogen-bond donors (Lipinski definition) is 0. The lowest BCUT2D eigenvalue weighted by atomic mass is 9.91. The highest BCUT2D eigenvalue weighted by Gasteiger charge is 2.27. The Morgan fingerprint density at radius 3 is 2.65 bits per heavy atom. The van der Waals surface area contributed by atoms with Gasteiger partial charge in [0, 0.05) is 28.6 Å². The van der Waals surface area contributed by atoms with E-state index in [1.807, 2.05) is 61.1 Å². The van der Waals surface area contributed by atoms with Crippen LogP contribution in [-0.2, 0) is 16.6 Å². The Hall–Kier alpha value is -2.07. The zero-order chi connectivity index (χ0) is 16.4. The molecule has 118 valence electrons. The molecule has 4 heteroatoms. The zero-order valence-corrected chi connectivity index (χ0v) is 14.7. The summed E-state index contributed by atoms with van der Waals surface area (Å²) in [6.45, 7) is 2.20. The number of fused-ring (bicyclic) bond motifs is 1. The molecule has 23 heavy (non-hydrogen) atoms. The number of hydrogen-bond acceptors (Lipinski definition) is 2. The standard InChI is InChI=1S/C19H18BrNO2/c1-3-23-19(22)18(13-7-5-4-6-8-13)16-12-21(2)17-10-9-14(20)11-15(16)17/h4-12,18H,3H2,1-2H3. The smallest absolute Gasteiger partial charge is 0.317 e. The molecule has 3 aromatic rings. The summed E-state index contributed by atoms with van der Waals surface area (Å²) in [6, 6.07) is 15.9. The fraction of sp³-hybridized carbons (Fsp3) is 0.211. The van der Waals surface area contributed by atoms with Crippen LogP contribution in [-0.4, -0.2) is 17.1 Å². The van der Waals surface area contributed by atoms with Crippen LogP contribution in [0.25, 0.3) is 10.9 Å². The molecule has 1 atom stereocenters. The number of ether oxygens (including phenoxy) is 1. The fourth-order valence-corrected chi connectivity index (χ4v) is 3.30. The van der Waals surface area contributed by atoms with Crippen LogP contribution in [0.3, 0.4) is 0 Å². The molecule has 0 aliphatic rings. The Bertz CT molecular complexity index is 839. The predicted molar refractivity (Wildman–Crippen MR) is 95.5 cm³/mol. The summed E-state index contributed by atoms with van der Waals surface area (Å²) >= 11 is 3.52. The van der Waals surface area contributed by atoms with Crippen LogP contribution >= 0.6 is 15.9 Å². The zero-order valence-electron chi connectivity index (χ0n) is 13.1. The average Bonchev–Trinajstić information content (AvgIpc) is 2.85. The van der Waals surface area contributed by atoms with Crippen molar-refractivity contribution in [3.05, 3.63) is 70.3 Å². The van der Waals surface area contributed by atoms with E-state index in [0.717, 1.165) is 26.5 Å². The largest absolute Gasteiger partial charge is 0.465 e. The van der Waals surface area contributed by atoms with Gasteiger partial charge in [-0.05, 0) is 36.2 Å². The number of aromatic nitrogens is 1. The minimum absolute atomic E-state index is 0.217. The van der Waals surface area contributed by atoms with Crippen molar-refractivity contribution in [2.75, 3.05) is 6.61 Å². The maximum Gasteiger partial charge on any atom is 0.317 e. The first-order valence-corrected chi connectivity index (χ1v) is 8.37. The molecule has 3 nitrogen and oxygen atoms in total. The second-order valence-corrected chi connectivity index (χ2v) is 6.37. The number of esters is 1. The number of benzene rings is 2. The molecule has 0 bridgehead atoms. The van der Waals surface area contributed by atoms with Crippen molar-refractivity contribution in [2.24, 2.45) is 7.05 Å². The first-order valence-electron chi connectivity index (χ1n) is 7.58. The number of carbonyl (C=O) groups excluding carboxylic acids is 1. The van der Waals surface area contributed by atoms with Gasteiger partial charge in [-0.25, -0.2) is 0 Å². The van der Waals surface area contributed by atoms with Crippen LogP contribution in [0.15, 0.2) is 59.2 Å². The second-order valence-electron chi connectivity index (χ2n) is 5.45. The van der Waals surface area contributed by atoms with E-state index in [9.17, 15) is 4.79 Å². The summed E-state index contributed by atoms with van der Waals surface area (Å²) in [5, 5.41) is 1.06. The summed E-state index contributed by atoms with van der Waals surface area (Å²) in [6.07, 6.45) is 2.02. The fourth-order valence-electron chi connectivity index (χ4n) is 2.94. The molecule has 0 saturated carbocycles. The monoisotopic (exact) mass is 371 g/mol. The highest BCUT2D eigenvalue weighted by Crippen LogP contribution is 2.34. The van der Waals surface area contributed by atoms with E-state index in [-0.39, 0.29) is 5.97 Å². The molecular weight excluding hydrogens is 354 g/mol. The Morgan fingerprint density at radius 1 is 1.22 bits per heavy atom. The van der Waals surface area contributed by atoms with E-state index in [0.29, 0.717) is 6.61 Å². The lowest BCUT2D eigenvalue weighted by molar-refractivity contribution is -0.143. The normalized spacial score (nSPS) is 12.3. The SMILES string of the molecule is CCOC(=O)C(c1ccccc1)c1cn(C)c2ccc(Br)cc12. The average molecular weight is 372 g/mol. The predicted octanol–water partition coefficient (Wildman–Crippen LogP) is 4.64. The third-order valence-corrected chi connectivity index (χ3v) is 4.44. The number of rotatable bonds is 4. The number of carbonyl (C=O) groups is 1. The minimum Gasteiger partial charge on any atom is -0.465 e. The van der Waals surface area contributed by atoms with Gasteiger partial charge >= 0.3 is 5.97 Å². The van der Waals surface area contributed by atoms with Crippen molar-refractivity contribution in [2.45, 2.75) is 12.8 Å². The van der Waals surface area contributed by atoms with Crippen molar-refractivity contribution in [1.82, 2.24) is 4.57 Å². The summed E-state index contributed by atoms with van der Waals surface area (Å²) in [4.78, 5) is 12.6. The Kier molecular flexibility index (Phi) is 4.53. The van der Waals surface area contributed by atoms with Crippen LogP contribution in [0, 0.1) is 0 Å². The van der Waals surface area contributed by atoms with E-state index in [1.54, 1.807) is 0 Å². The van der Waals surface area contributed by atoms with Gasteiger partial charge in [-0.1, -0.05) is 46.3 Å². The third-order valence-electron chi connectivity index (χ3n) is 3.95. The second kappa shape index (κ2) is 6.59. The number of aryl methyl sites for hydroxylation is 1. The topological polar surface area (TPSA) is 31.2 Å². The van der Waals surface area contributed by atoms with Gasteiger partial charge in [0.1, 0.15) is 5.92 Å². The molecule has 1 unspecified atom stereocenters. The lowest BCUT2D eigenvalue weighted by Crippen LogP contribution is -2.17. The van der Waals surface area contributed by atoms with Gasteiger partial charge in [0.2, 0.25) is 0 Å². The molecule has 3 rings (SSSR count). The van der Waals surface area contributed by atoms with Crippen molar-refractivity contribution in [1.29, 1.82) is 0 Å². The van der Waals surface area contributed by atoms with E-state index in [2.05, 4.69) is 28.1 Å². The lowest BCUT2D eigenvalue weighted by Gasteiger charge is -2.15. The molecule has 2 aromatic carbocycles. The Balaban J connectivity index is 2.21. The van der Waals surface area contributed by atoms with Gasteiger partial charge in [0.05, 0.1) is 6.61 Å². The van der Waals surface area contributed by atoms with Crippen molar-refractivity contribution in [3.8, 4) is 0 Å².